The first-order valence-corrected chi connectivity index (χ1v) is 9.31. The summed E-state index contributed by atoms with van der Waals surface area (Å²) >= 11 is 1.60. The van der Waals surface area contributed by atoms with E-state index in [0.29, 0.717) is 37.6 Å². The Morgan fingerprint density at radius 2 is 2.12 bits per heavy atom. The number of nitrogens with zero attached hydrogens (tertiary/aromatic N) is 1. The summed E-state index contributed by atoms with van der Waals surface area (Å²) in [7, 11) is 0. The lowest BCUT2D eigenvalue weighted by molar-refractivity contribution is -0.117. The number of fused-ring (bicyclic) bond motifs is 1. The predicted octanol–water partition coefficient (Wildman–Crippen LogP) is 2.33. The number of amides is 3. The molecule has 26 heavy (non-hydrogen) atoms. The van der Waals surface area contributed by atoms with Crippen LogP contribution in [0.2, 0.25) is 0 Å². The molecule has 0 bridgehead atoms. The molecule has 2 N–H and O–H groups in total. The van der Waals surface area contributed by atoms with Gasteiger partial charge in [-0.25, -0.2) is 4.79 Å². The number of rotatable bonds is 5. The van der Waals surface area contributed by atoms with Gasteiger partial charge in [-0.3, -0.25) is 4.79 Å². The van der Waals surface area contributed by atoms with Crippen LogP contribution in [-0.4, -0.2) is 31.8 Å². The van der Waals surface area contributed by atoms with Crippen molar-refractivity contribution in [1.29, 1.82) is 0 Å². The number of anilines is 1. The maximum Gasteiger partial charge on any atom is 0.315 e. The van der Waals surface area contributed by atoms with E-state index in [9.17, 15) is 9.59 Å². The predicted molar refractivity (Wildman–Crippen MR) is 97.6 cm³/mol. The molecule has 2 aliphatic rings. The molecule has 3 amide bonds. The summed E-state index contributed by atoms with van der Waals surface area (Å²) in [6.07, 6.45) is 0.416. The normalized spacial score (nSPS) is 18.2. The maximum absolute atomic E-state index is 12.3. The smallest absolute Gasteiger partial charge is 0.315 e. The van der Waals surface area contributed by atoms with Crippen LogP contribution in [0.5, 0.6) is 11.5 Å². The molecule has 0 radical (unpaired) electrons. The van der Waals surface area contributed by atoms with E-state index in [2.05, 4.69) is 10.6 Å². The van der Waals surface area contributed by atoms with Crippen LogP contribution in [0.15, 0.2) is 35.7 Å². The molecular formula is C18H19N3O4S. The highest BCUT2D eigenvalue weighted by Gasteiger charge is 2.31. The fraction of sp³-hybridized carbons (Fsp3) is 0.333. The van der Waals surface area contributed by atoms with E-state index in [-0.39, 0.29) is 24.6 Å². The molecule has 0 spiro atoms. The molecule has 8 heteroatoms. The monoisotopic (exact) mass is 373 g/mol. The third-order valence-electron chi connectivity index (χ3n) is 4.43. The second-order valence-corrected chi connectivity index (χ2v) is 7.29. The lowest BCUT2D eigenvalue weighted by Crippen LogP contribution is -2.38. The Labute approximate surface area is 154 Å². The van der Waals surface area contributed by atoms with Gasteiger partial charge in [-0.1, -0.05) is 6.07 Å². The number of urea groups is 1. The second-order valence-electron chi connectivity index (χ2n) is 6.25. The summed E-state index contributed by atoms with van der Waals surface area (Å²) in [5.41, 5.74) is 0.795. The third-order valence-corrected chi connectivity index (χ3v) is 5.30. The van der Waals surface area contributed by atoms with E-state index in [1.807, 2.05) is 35.7 Å². The van der Waals surface area contributed by atoms with Crippen molar-refractivity contribution in [3.8, 4) is 11.5 Å². The second kappa shape index (κ2) is 7.25. The van der Waals surface area contributed by atoms with E-state index in [4.69, 9.17) is 9.47 Å². The van der Waals surface area contributed by atoms with Gasteiger partial charge in [-0.2, -0.15) is 0 Å². The van der Waals surface area contributed by atoms with Crippen molar-refractivity contribution in [2.75, 3.05) is 24.8 Å². The summed E-state index contributed by atoms with van der Waals surface area (Å²) in [4.78, 5) is 27.1. The molecule has 0 aliphatic carbocycles. The minimum absolute atomic E-state index is 0.0506. The quantitative estimate of drug-likeness (QED) is 0.843. The summed E-state index contributed by atoms with van der Waals surface area (Å²) in [6, 6.07) is 9.21. The van der Waals surface area contributed by atoms with Gasteiger partial charge in [0, 0.05) is 42.1 Å². The number of carbonyl (C=O) groups is 2. The molecule has 136 valence electrons. The largest absolute Gasteiger partial charge is 0.454 e. The zero-order valence-electron chi connectivity index (χ0n) is 14.1. The molecule has 1 fully saturated rings. The molecule has 0 saturated carbocycles. The van der Waals surface area contributed by atoms with E-state index < -0.39 is 0 Å². The van der Waals surface area contributed by atoms with Gasteiger partial charge in [0.15, 0.2) is 11.5 Å². The zero-order chi connectivity index (χ0) is 17.9. The van der Waals surface area contributed by atoms with Gasteiger partial charge in [0.1, 0.15) is 0 Å². The van der Waals surface area contributed by atoms with Crippen LogP contribution in [0.4, 0.5) is 10.5 Å². The van der Waals surface area contributed by atoms with E-state index in [1.165, 1.54) is 0 Å². The van der Waals surface area contributed by atoms with Crippen molar-refractivity contribution in [3.63, 3.8) is 0 Å². The van der Waals surface area contributed by atoms with Gasteiger partial charge in [0.2, 0.25) is 12.7 Å². The number of hydrogen-bond acceptors (Lipinski definition) is 5. The summed E-state index contributed by atoms with van der Waals surface area (Å²) in [5.74, 6) is 1.49. The van der Waals surface area contributed by atoms with E-state index in [1.54, 1.807) is 16.2 Å². The lowest BCUT2D eigenvalue weighted by atomic mass is 10.1. The number of ether oxygens (including phenoxy) is 2. The van der Waals surface area contributed by atoms with E-state index >= 15 is 0 Å². The van der Waals surface area contributed by atoms with Crippen LogP contribution in [0.1, 0.15) is 11.3 Å². The molecular weight excluding hydrogens is 354 g/mol. The average molecular weight is 373 g/mol. The first-order valence-electron chi connectivity index (χ1n) is 8.43. The van der Waals surface area contributed by atoms with Crippen LogP contribution in [0.25, 0.3) is 0 Å². The van der Waals surface area contributed by atoms with Crippen molar-refractivity contribution < 1.29 is 19.1 Å². The molecule has 4 rings (SSSR count). The molecule has 7 nitrogen and oxygen atoms in total. The molecule has 1 saturated heterocycles. The van der Waals surface area contributed by atoms with Crippen LogP contribution >= 0.6 is 11.3 Å². The van der Waals surface area contributed by atoms with Crippen molar-refractivity contribution in [3.05, 3.63) is 40.6 Å². The number of benzene rings is 1. The molecule has 1 atom stereocenters. The molecule has 1 aromatic heterocycles. The summed E-state index contributed by atoms with van der Waals surface area (Å²) < 4.78 is 10.7. The van der Waals surface area contributed by atoms with Crippen molar-refractivity contribution in [2.45, 2.75) is 13.0 Å². The third kappa shape index (κ3) is 3.60. The van der Waals surface area contributed by atoms with Gasteiger partial charge >= 0.3 is 6.03 Å². The Morgan fingerprint density at radius 3 is 2.96 bits per heavy atom. The molecule has 2 aliphatic heterocycles. The van der Waals surface area contributed by atoms with Crippen molar-refractivity contribution in [2.24, 2.45) is 5.92 Å². The zero-order valence-corrected chi connectivity index (χ0v) is 14.9. The maximum atomic E-state index is 12.3. The Kier molecular flexibility index (Phi) is 4.66. The van der Waals surface area contributed by atoms with Gasteiger partial charge in [-0.05, 0) is 23.6 Å². The highest BCUT2D eigenvalue weighted by atomic mass is 32.1. The first kappa shape index (κ1) is 16.7. The Hall–Kier alpha value is -2.74. The number of thiophene rings is 1. The van der Waals surface area contributed by atoms with Crippen molar-refractivity contribution in [1.82, 2.24) is 10.6 Å². The summed E-state index contributed by atoms with van der Waals surface area (Å²) in [6.45, 7) is 1.75. The Balaban J connectivity index is 1.28. The molecule has 1 aromatic carbocycles. The van der Waals surface area contributed by atoms with Gasteiger partial charge in [0.05, 0.1) is 6.54 Å². The number of carbonyl (C=O) groups excluding carboxylic acids is 2. The minimum Gasteiger partial charge on any atom is -0.454 e. The fourth-order valence-electron chi connectivity index (χ4n) is 3.10. The number of hydrogen-bond donors (Lipinski definition) is 2. The Morgan fingerprint density at radius 1 is 1.23 bits per heavy atom. The lowest BCUT2D eigenvalue weighted by Gasteiger charge is -2.17. The fourth-order valence-corrected chi connectivity index (χ4v) is 3.75. The van der Waals surface area contributed by atoms with Gasteiger partial charge in [0.25, 0.3) is 0 Å². The summed E-state index contributed by atoms with van der Waals surface area (Å²) in [5, 5.41) is 7.65. The minimum atomic E-state index is -0.215. The standard InChI is InChI=1S/C18H19N3O4S/c22-17-6-12(8-19-18(23)20-9-14-2-1-5-26-14)10-21(17)13-3-4-15-16(7-13)25-11-24-15/h1-5,7,12H,6,8-11H2,(H2,19,20,23)/t12-/m1/s1. The van der Waals surface area contributed by atoms with Crippen LogP contribution < -0.4 is 25.0 Å². The highest BCUT2D eigenvalue weighted by Crippen LogP contribution is 2.37. The SMILES string of the molecule is O=C(NCc1cccs1)NC[C@H]1CC(=O)N(c2ccc3c(c2)OCO3)C1. The average Bonchev–Trinajstić information content (AvgIpc) is 3.38. The highest BCUT2D eigenvalue weighted by molar-refractivity contribution is 7.09. The molecule has 2 aromatic rings. The van der Waals surface area contributed by atoms with Crippen LogP contribution in [0, 0.1) is 5.92 Å². The van der Waals surface area contributed by atoms with Crippen molar-refractivity contribution >= 4 is 29.0 Å². The first-order chi connectivity index (χ1) is 12.7. The molecule has 3 heterocycles. The van der Waals surface area contributed by atoms with Crippen LogP contribution in [-0.2, 0) is 11.3 Å². The van der Waals surface area contributed by atoms with Crippen LogP contribution in [0.3, 0.4) is 0 Å². The van der Waals surface area contributed by atoms with E-state index in [0.717, 1.165) is 10.6 Å². The Bertz CT molecular complexity index is 809. The number of nitrogens with one attached hydrogen (secondary N) is 2. The topological polar surface area (TPSA) is 79.9 Å². The molecule has 0 unspecified atom stereocenters. The van der Waals surface area contributed by atoms with Gasteiger partial charge in [-0.15, -0.1) is 11.3 Å². The van der Waals surface area contributed by atoms with Gasteiger partial charge < -0.3 is 25.0 Å².